The fraction of sp³-hybridized carbons (Fsp3) is 0.571. The van der Waals surface area contributed by atoms with Crippen LogP contribution in [0.3, 0.4) is 0 Å². The van der Waals surface area contributed by atoms with E-state index in [-0.39, 0.29) is 12.1 Å². The van der Waals surface area contributed by atoms with Gasteiger partial charge in [0.2, 0.25) is 0 Å². The van der Waals surface area contributed by atoms with Gasteiger partial charge in [-0.05, 0) is 24.8 Å². The lowest BCUT2D eigenvalue weighted by molar-refractivity contribution is -0.00866. The van der Waals surface area contributed by atoms with Crippen molar-refractivity contribution in [1.82, 2.24) is 5.43 Å². The first-order chi connectivity index (χ1) is 8.90. The van der Waals surface area contributed by atoms with Crippen LogP contribution in [-0.2, 0) is 11.2 Å². The number of nitrogens with two attached hydrogens (primary N) is 1. The van der Waals surface area contributed by atoms with Gasteiger partial charge in [-0.2, -0.15) is 0 Å². The zero-order chi connectivity index (χ0) is 12.4. The minimum Gasteiger partial charge on any atom is -0.493 e. The van der Waals surface area contributed by atoms with Crippen molar-refractivity contribution in [3.63, 3.8) is 0 Å². The highest BCUT2D eigenvalue weighted by atomic mass is 16.5. The second-order valence-electron chi connectivity index (χ2n) is 4.98. The van der Waals surface area contributed by atoms with Crippen LogP contribution < -0.4 is 16.0 Å². The van der Waals surface area contributed by atoms with E-state index in [9.17, 15) is 0 Å². The summed E-state index contributed by atoms with van der Waals surface area (Å²) in [6.07, 6.45) is 4.56. The third kappa shape index (κ3) is 2.11. The fourth-order valence-corrected chi connectivity index (χ4v) is 2.91. The second kappa shape index (κ2) is 5.26. The zero-order valence-corrected chi connectivity index (χ0v) is 10.5. The standard InChI is InChI=1S/C14H20N2O2/c15-16-13(12-6-1-2-8-17-12)11-5-3-4-10-7-9-18-14(10)11/h3-5,12-13,16H,1-2,6-9,15H2. The number of fused-ring (bicyclic) bond motifs is 1. The summed E-state index contributed by atoms with van der Waals surface area (Å²) in [5.41, 5.74) is 5.33. The van der Waals surface area contributed by atoms with Gasteiger partial charge in [0, 0.05) is 18.6 Å². The molecule has 1 aromatic carbocycles. The Morgan fingerprint density at radius 3 is 3.00 bits per heavy atom. The van der Waals surface area contributed by atoms with E-state index in [1.165, 1.54) is 12.0 Å². The van der Waals surface area contributed by atoms with Gasteiger partial charge in [0.1, 0.15) is 5.75 Å². The molecule has 4 nitrogen and oxygen atoms in total. The predicted molar refractivity (Wildman–Crippen MR) is 69.3 cm³/mol. The first kappa shape index (κ1) is 12.0. The third-order valence-electron chi connectivity index (χ3n) is 3.85. The van der Waals surface area contributed by atoms with Crippen LogP contribution in [0.1, 0.15) is 36.4 Å². The maximum Gasteiger partial charge on any atom is 0.127 e. The molecule has 2 aliphatic heterocycles. The highest BCUT2D eigenvalue weighted by Crippen LogP contribution is 2.36. The molecule has 0 amide bonds. The van der Waals surface area contributed by atoms with Crippen LogP contribution >= 0.6 is 0 Å². The minimum absolute atomic E-state index is 0.0262. The Hall–Kier alpha value is -1.10. The summed E-state index contributed by atoms with van der Waals surface area (Å²) in [5.74, 6) is 6.75. The molecular weight excluding hydrogens is 228 g/mol. The number of rotatable bonds is 3. The van der Waals surface area contributed by atoms with Crippen LogP contribution in [0.2, 0.25) is 0 Å². The van der Waals surface area contributed by atoms with E-state index in [4.69, 9.17) is 15.3 Å². The average Bonchev–Trinajstić information content (AvgIpc) is 2.90. The van der Waals surface area contributed by atoms with Gasteiger partial charge in [-0.15, -0.1) is 0 Å². The molecule has 4 heteroatoms. The van der Waals surface area contributed by atoms with Gasteiger partial charge in [-0.1, -0.05) is 18.2 Å². The summed E-state index contributed by atoms with van der Waals surface area (Å²) in [6, 6.07) is 6.32. The van der Waals surface area contributed by atoms with Crippen molar-refractivity contribution in [2.75, 3.05) is 13.2 Å². The first-order valence-electron chi connectivity index (χ1n) is 6.72. The van der Waals surface area contributed by atoms with Crippen LogP contribution in [0.5, 0.6) is 5.75 Å². The number of hydrazine groups is 1. The van der Waals surface area contributed by atoms with Crippen LogP contribution in [0.25, 0.3) is 0 Å². The maximum atomic E-state index is 5.85. The Balaban J connectivity index is 1.89. The normalized spacial score (nSPS) is 24.4. The summed E-state index contributed by atoms with van der Waals surface area (Å²) in [4.78, 5) is 0. The van der Waals surface area contributed by atoms with Gasteiger partial charge in [0.15, 0.2) is 0 Å². The summed E-state index contributed by atoms with van der Waals surface area (Å²) >= 11 is 0. The molecule has 0 radical (unpaired) electrons. The van der Waals surface area contributed by atoms with Crippen LogP contribution in [0.4, 0.5) is 0 Å². The van der Waals surface area contributed by atoms with E-state index in [2.05, 4.69) is 23.6 Å². The van der Waals surface area contributed by atoms with E-state index >= 15 is 0 Å². The molecule has 0 spiro atoms. The number of hydrogen-bond acceptors (Lipinski definition) is 4. The number of benzene rings is 1. The molecule has 2 aliphatic rings. The van der Waals surface area contributed by atoms with E-state index in [1.54, 1.807) is 0 Å². The molecule has 0 aliphatic carbocycles. The summed E-state index contributed by atoms with van der Waals surface area (Å²) < 4.78 is 11.6. The third-order valence-corrected chi connectivity index (χ3v) is 3.85. The predicted octanol–water partition coefficient (Wildman–Crippen LogP) is 1.69. The molecule has 0 aromatic heterocycles. The molecule has 1 fully saturated rings. The number of para-hydroxylation sites is 1. The van der Waals surface area contributed by atoms with E-state index < -0.39 is 0 Å². The molecule has 2 atom stereocenters. The number of ether oxygens (including phenoxy) is 2. The van der Waals surface area contributed by atoms with Crippen molar-refractivity contribution in [2.24, 2.45) is 5.84 Å². The van der Waals surface area contributed by atoms with Crippen molar-refractivity contribution in [1.29, 1.82) is 0 Å². The monoisotopic (exact) mass is 248 g/mol. The molecule has 18 heavy (non-hydrogen) atoms. The van der Waals surface area contributed by atoms with Crippen LogP contribution in [0, 0.1) is 0 Å². The average molecular weight is 248 g/mol. The van der Waals surface area contributed by atoms with Gasteiger partial charge in [-0.3, -0.25) is 11.3 Å². The highest BCUT2D eigenvalue weighted by molar-refractivity contribution is 5.46. The second-order valence-corrected chi connectivity index (χ2v) is 4.98. The molecule has 3 N–H and O–H groups in total. The lowest BCUT2D eigenvalue weighted by Crippen LogP contribution is -2.39. The molecule has 0 bridgehead atoms. The van der Waals surface area contributed by atoms with E-state index in [0.717, 1.165) is 43.8 Å². The SMILES string of the molecule is NNC(c1cccc2c1OCC2)C1CCCCO1. The van der Waals surface area contributed by atoms with E-state index in [1.807, 2.05) is 0 Å². The Morgan fingerprint density at radius 1 is 1.28 bits per heavy atom. The number of nitrogens with one attached hydrogen (secondary N) is 1. The lowest BCUT2D eigenvalue weighted by Gasteiger charge is -2.31. The van der Waals surface area contributed by atoms with Gasteiger partial charge in [-0.25, -0.2) is 0 Å². The van der Waals surface area contributed by atoms with Crippen molar-refractivity contribution in [3.8, 4) is 5.75 Å². The Bertz CT molecular complexity index is 416. The van der Waals surface area contributed by atoms with Crippen molar-refractivity contribution >= 4 is 0 Å². The lowest BCUT2D eigenvalue weighted by atomic mass is 9.94. The first-order valence-corrected chi connectivity index (χ1v) is 6.72. The summed E-state index contributed by atoms with van der Waals surface area (Å²) in [5, 5.41) is 0. The highest BCUT2D eigenvalue weighted by Gasteiger charge is 2.29. The van der Waals surface area contributed by atoms with Crippen molar-refractivity contribution < 1.29 is 9.47 Å². The molecule has 98 valence electrons. The zero-order valence-electron chi connectivity index (χ0n) is 10.5. The molecule has 2 unspecified atom stereocenters. The van der Waals surface area contributed by atoms with Gasteiger partial charge >= 0.3 is 0 Å². The molecule has 1 saturated heterocycles. The van der Waals surface area contributed by atoms with Gasteiger partial charge in [0.05, 0.1) is 18.8 Å². The fourth-order valence-electron chi connectivity index (χ4n) is 2.91. The Kier molecular flexibility index (Phi) is 3.50. The largest absolute Gasteiger partial charge is 0.493 e. The minimum atomic E-state index is 0.0262. The molecule has 3 rings (SSSR count). The summed E-state index contributed by atoms with van der Waals surface area (Å²) in [7, 11) is 0. The Morgan fingerprint density at radius 2 is 2.22 bits per heavy atom. The molecule has 1 aromatic rings. The molecule has 2 heterocycles. The van der Waals surface area contributed by atoms with Gasteiger partial charge in [0.25, 0.3) is 0 Å². The van der Waals surface area contributed by atoms with Gasteiger partial charge < -0.3 is 9.47 Å². The van der Waals surface area contributed by atoms with Crippen LogP contribution in [0.15, 0.2) is 18.2 Å². The quantitative estimate of drug-likeness (QED) is 0.631. The van der Waals surface area contributed by atoms with Crippen molar-refractivity contribution in [2.45, 2.75) is 37.8 Å². The van der Waals surface area contributed by atoms with Crippen LogP contribution in [-0.4, -0.2) is 19.3 Å². The van der Waals surface area contributed by atoms with E-state index in [0.29, 0.717) is 0 Å². The molecule has 0 saturated carbocycles. The smallest absolute Gasteiger partial charge is 0.127 e. The van der Waals surface area contributed by atoms with Crippen molar-refractivity contribution in [3.05, 3.63) is 29.3 Å². The molecular formula is C14H20N2O2. The maximum absolute atomic E-state index is 5.85. The number of hydrogen-bond donors (Lipinski definition) is 2. The topological polar surface area (TPSA) is 56.5 Å². The summed E-state index contributed by atoms with van der Waals surface area (Å²) in [6.45, 7) is 1.61. The Labute approximate surface area is 107 Å².